The van der Waals surface area contributed by atoms with Gasteiger partial charge in [0.2, 0.25) is 5.91 Å². The molecule has 3 saturated heterocycles. The Bertz CT molecular complexity index is 674. The van der Waals surface area contributed by atoms with E-state index >= 15 is 0 Å². The largest absolute Gasteiger partial charge is 0.339 e. The van der Waals surface area contributed by atoms with Gasteiger partial charge in [-0.05, 0) is 34.7 Å². The molecule has 7 heteroatoms. The van der Waals surface area contributed by atoms with Gasteiger partial charge in [-0.15, -0.1) is 5.10 Å². The molecule has 3 fully saturated rings. The van der Waals surface area contributed by atoms with Crippen molar-refractivity contribution in [3.8, 4) is 0 Å². The highest BCUT2D eigenvalue weighted by atomic mass is 16.2. The summed E-state index contributed by atoms with van der Waals surface area (Å²) in [6.07, 6.45) is 3.88. The number of aromatic nitrogens is 4. The minimum absolute atomic E-state index is 0.112. The summed E-state index contributed by atoms with van der Waals surface area (Å²) in [5, 5.41) is 11.0. The van der Waals surface area contributed by atoms with E-state index in [1.165, 1.54) is 29.4 Å². The zero-order valence-corrected chi connectivity index (χ0v) is 13.7. The van der Waals surface area contributed by atoms with Crippen molar-refractivity contribution in [3.05, 3.63) is 42.2 Å². The van der Waals surface area contributed by atoms with Crippen molar-refractivity contribution in [2.24, 2.45) is 5.92 Å². The third-order valence-corrected chi connectivity index (χ3v) is 5.10. The molecule has 1 amide bonds. The number of carbonyl (C=O) groups is 1. The predicted molar refractivity (Wildman–Crippen MR) is 87.8 cm³/mol. The summed E-state index contributed by atoms with van der Waals surface area (Å²) in [7, 11) is 0. The van der Waals surface area contributed by atoms with Gasteiger partial charge < -0.3 is 4.90 Å². The summed E-state index contributed by atoms with van der Waals surface area (Å²) in [5.41, 5.74) is 1.34. The summed E-state index contributed by atoms with van der Waals surface area (Å²) in [5.74, 6) is 0.672. The van der Waals surface area contributed by atoms with E-state index in [-0.39, 0.29) is 12.5 Å². The Morgan fingerprint density at radius 3 is 2.79 bits per heavy atom. The van der Waals surface area contributed by atoms with Gasteiger partial charge in [-0.2, -0.15) is 0 Å². The SMILES string of the molecule is O=C(Cn1cnnn1)N1C[C@H]2CC[C@@H](C1)N(Cc1ccccc1)C2. The highest BCUT2D eigenvalue weighted by Gasteiger charge is 2.36. The maximum Gasteiger partial charge on any atom is 0.244 e. The molecule has 1 aromatic heterocycles. The average molecular weight is 326 g/mol. The lowest BCUT2D eigenvalue weighted by Gasteiger charge is -2.36. The van der Waals surface area contributed by atoms with Crippen molar-refractivity contribution in [2.75, 3.05) is 19.6 Å². The Kier molecular flexibility index (Phi) is 4.25. The Morgan fingerprint density at radius 2 is 2.00 bits per heavy atom. The van der Waals surface area contributed by atoms with Gasteiger partial charge in [0.1, 0.15) is 12.9 Å². The third-order valence-electron chi connectivity index (χ3n) is 5.10. The van der Waals surface area contributed by atoms with Crippen LogP contribution in [-0.2, 0) is 17.9 Å². The van der Waals surface area contributed by atoms with E-state index in [9.17, 15) is 4.79 Å². The second-order valence-corrected chi connectivity index (χ2v) is 6.82. The van der Waals surface area contributed by atoms with E-state index in [2.05, 4.69) is 50.8 Å². The van der Waals surface area contributed by atoms with Gasteiger partial charge in [-0.25, -0.2) is 4.68 Å². The van der Waals surface area contributed by atoms with Gasteiger partial charge in [0, 0.05) is 32.2 Å². The molecule has 4 heterocycles. The maximum atomic E-state index is 12.6. The standard InChI is InChI=1S/C17H22N6O/c24-17(12-23-13-18-19-20-23)22-10-15-6-7-16(11-22)21(9-15)8-14-4-2-1-3-5-14/h1-5,13,15-16H,6-12H2/t15-,16-/m0/s1. The number of benzene rings is 1. The van der Waals surface area contributed by atoms with Crippen LogP contribution >= 0.6 is 0 Å². The molecule has 3 aliphatic heterocycles. The van der Waals surface area contributed by atoms with Crippen LogP contribution in [0.25, 0.3) is 0 Å². The van der Waals surface area contributed by atoms with Crippen LogP contribution in [-0.4, -0.2) is 61.6 Å². The summed E-state index contributed by atoms with van der Waals surface area (Å²) in [6, 6.07) is 11.0. The number of piperidine rings is 1. The molecule has 2 atom stereocenters. The van der Waals surface area contributed by atoms with Crippen LogP contribution in [0.2, 0.25) is 0 Å². The maximum absolute atomic E-state index is 12.6. The molecule has 0 radical (unpaired) electrons. The van der Waals surface area contributed by atoms with Crippen LogP contribution in [0.3, 0.4) is 0 Å². The van der Waals surface area contributed by atoms with Crippen molar-refractivity contribution in [1.29, 1.82) is 0 Å². The Hall–Kier alpha value is -2.28. The van der Waals surface area contributed by atoms with Crippen molar-refractivity contribution in [3.63, 3.8) is 0 Å². The highest BCUT2D eigenvalue weighted by Crippen LogP contribution is 2.29. The first-order valence-electron chi connectivity index (χ1n) is 8.54. The normalized spacial score (nSPS) is 24.1. The molecule has 126 valence electrons. The van der Waals surface area contributed by atoms with E-state index in [1.54, 1.807) is 0 Å². The lowest BCUT2D eigenvalue weighted by atomic mass is 9.94. The fourth-order valence-corrected chi connectivity index (χ4v) is 3.89. The molecule has 24 heavy (non-hydrogen) atoms. The van der Waals surface area contributed by atoms with Gasteiger partial charge in [-0.1, -0.05) is 30.3 Å². The smallest absolute Gasteiger partial charge is 0.244 e. The predicted octanol–water partition coefficient (Wildman–Crippen LogP) is 0.796. The summed E-state index contributed by atoms with van der Waals surface area (Å²) in [6.45, 7) is 3.93. The van der Waals surface area contributed by atoms with E-state index < -0.39 is 0 Å². The molecule has 0 unspecified atom stereocenters. The van der Waals surface area contributed by atoms with Crippen molar-refractivity contribution in [2.45, 2.75) is 32.0 Å². The van der Waals surface area contributed by atoms with Crippen LogP contribution < -0.4 is 0 Å². The molecular formula is C17H22N6O. The van der Waals surface area contributed by atoms with Gasteiger partial charge in [0.05, 0.1) is 0 Å². The first-order chi connectivity index (χ1) is 11.8. The topological polar surface area (TPSA) is 67.2 Å². The molecule has 0 spiro atoms. The minimum atomic E-state index is 0.112. The fourth-order valence-electron chi connectivity index (χ4n) is 3.89. The Morgan fingerprint density at radius 1 is 1.12 bits per heavy atom. The number of carbonyl (C=O) groups excluding carboxylic acids is 1. The number of amides is 1. The van der Waals surface area contributed by atoms with Crippen LogP contribution in [0.15, 0.2) is 36.7 Å². The lowest BCUT2D eigenvalue weighted by molar-refractivity contribution is -0.132. The quantitative estimate of drug-likeness (QED) is 0.831. The van der Waals surface area contributed by atoms with Gasteiger partial charge >= 0.3 is 0 Å². The zero-order valence-electron chi connectivity index (χ0n) is 13.7. The monoisotopic (exact) mass is 326 g/mol. The van der Waals surface area contributed by atoms with E-state index in [0.717, 1.165) is 26.2 Å². The van der Waals surface area contributed by atoms with Crippen molar-refractivity contribution < 1.29 is 4.79 Å². The Labute approximate surface area is 141 Å². The number of nitrogens with zero attached hydrogens (tertiary/aromatic N) is 6. The Balaban J connectivity index is 1.43. The average Bonchev–Trinajstić information content (AvgIpc) is 2.93. The van der Waals surface area contributed by atoms with E-state index in [1.807, 2.05) is 4.90 Å². The molecule has 0 saturated carbocycles. The summed E-state index contributed by atoms with van der Waals surface area (Å²) in [4.78, 5) is 17.2. The molecule has 0 aliphatic carbocycles. The van der Waals surface area contributed by atoms with Gasteiger partial charge in [0.25, 0.3) is 0 Å². The molecule has 7 nitrogen and oxygen atoms in total. The third kappa shape index (κ3) is 3.31. The van der Waals surface area contributed by atoms with Crippen molar-refractivity contribution in [1.82, 2.24) is 30.0 Å². The van der Waals surface area contributed by atoms with Crippen LogP contribution in [0, 0.1) is 5.92 Å². The van der Waals surface area contributed by atoms with E-state index in [0.29, 0.717) is 12.0 Å². The molecule has 2 aromatic rings. The van der Waals surface area contributed by atoms with E-state index in [4.69, 9.17) is 0 Å². The molecule has 0 N–H and O–H groups in total. The lowest BCUT2D eigenvalue weighted by Crippen LogP contribution is -2.44. The van der Waals surface area contributed by atoms with Crippen molar-refractivity contribution >= 4 is 5.91 Å². The highest BCUT2D eigenvalue weighted by molar-refractivity contribution is 5.76. The summed E-state index contributed by atoms with van der Waals surface area (Å²) >= 11 is 0. The fraction of sp³-hybridized carbons (Fsp3) is 0.529. The number of tetrazole rings is 1. The second kappa shape index (κ2) is 6.68. The molecular weight excluding hydrogens is 304 g/mol. The minimum Gasteiger partial charge on any atom is -0.339 e. The number of rotatable bonds is 4. The second-order valence-electron chi connectivity index (χ2n) is 6.82. The van der Waals surface area contributed by atoms with Crippen LogP contribution in [0.4, 0.5) is 0 Å². The van der Waals surface area contributed by atoms with Crippen LogP contribution in [0.1, 0.15) is 18.4 Å². The molecule has 2 bridgehead atoms. The molecule has 1 aromatic carbocycles. The van der Waals surface area contributed by atoms with Gasteiger partial charge in [-0.3, -0.25) is 9.69 Å². The first-order valence-corrected chi connectivity index (χ1v) is 8.54. The molecule has 5 rings (SSSR count). The summed E-state index contributed by atoms with van der Waals surface area (Å²) < 4.78 is 1.50. The molecule has 3 aliphatic rings. The zero-order chi connectivity index (χ0) is 16.4. The number of hydrogen-bond donors (Lipinski definition) is 0. The number of fused-ring (bicyclic) bond motifs is 4. The first kappa shape index (κ1) is 15.3. The van der Waals surface area contributed by atoms with Gasteiger partial charge in [0.15, 0.2) is 0 Å². The number of hydrogen-bond acceptors (Lipinski definition) is 5. The van der Waals surface area contributed by atoms with Crippen LogP contribution in [0.5, 0.6) is 0 Å².